The standard InChI is InChI=1S/C12H21NO4S/c14-18(15,11-1-2-11)13-5-8-17-10-12(9-13)3-6-16-7-4-12/h11H,1-10H2. The van der Waals surface area contributed by atoms with Gasteiger partial charge in [-0.2, -0.15) is 4.31 Å². The Morgan fingerprint density at radius 1 is 1.06 bits per heavy atom. The van der Waals surface area contributed by atoms with Gasteiger partial charge in [0.25, 0.3) is 0 Å². The number of rotatable bonds is 2. The van der Waals surface area contributed by atoms with Gasteiger partial charge in [0.1, 0.15) is 0 Å². The minimum atomic E-state index is -3.08. The first-order valence-corrected chi connectivity index (χ1v) is 8.27. The van der Waals surface area contributed by atoms with E-state index < -0.39 is 10.0 Å². The number of hydrogen-bond donors (Lipinski definition) is 0. The molecule has 1 aliphatic carbocycles. The zero-order valence-electron chi connectivity index (χ0n) is 10.6. The Kier molecular flexibility index (Phi) is 3.38. The van der Waals surface area contributed by atoms with Crippen molar-refractivity contribution >= 4 is 10.0 Å². The summed E-state index contributed by atoms with van der Waals surface area (Å²) >= 11 is 0. The Morgan fingerprint density at radius 3 is 2.44 bits per heavy atom. The molecule has 2 aliphatic heterocycles. The lowest BCUT2D eigenvalue weighted by Crippen LogP contribution is -2.45. The molecule has 0 amide bonds. The van der Waals surface area contributed by atoms with Crippen LogP contribution in [-0.4, -0.2) is 57.5 Å². The third-order valence-electron chi connectivity index (χ3n) is 4.26. The van der Waals surface area contributed by atoms with Crippen LogP contribution in [0.3, 0.4) is 0 Å². The molecule has 18 heavy (non-hydrogen) atoms. The van der Waals surface area contributed by atoms with E-state index in [0.29, 0.717) is 26.3 Å². The first-order chi connectivity index (χ1) is 8.62. The van der Waals surface area contributed by atoms with Crippen LogP contribution in [0.15, 0.2) is 0 Å². The molecule has 1 spiro atoms. The van der Waals surface area contributed by atoms with Crippen LogP contribution in [0, 0.1) is 5.41 Å². The van der Waals surface area contributed by atoms with Crippen molar-refractivity contribution in [1.82, 2.24) is 4.31 Å². The van der Waals surface area contributed by atoms with E-state index in [0.717, 1.165) is 38.9 Å². The van der Waals surface area contributed by atoms with Crippen LogP contribution in [0.2, 0.25) is 0 Å². The molecule has 5 nitrogen and oxygen atoms in total. The van der Waals surface area contributed by atoms with Gasteiger partial charge < -0.3 is 9.47 Å². The highest BCUT2D eigenvalue weighted by molar-refractivity contribution is 7.90. The summed E-state index contributed by atoms with van der Waals surface area (Å²) in [7, 11) is -3.08. The van der Waals surface area contributed by atoms with Crippen molar-refractivity contribution in [3.63, 3.8) is 0 Å². The molecule has 3 rings (SSSR count). The van der Waals surface area contributed by atoms with Gasteiger partial charge in [-0.1, -0.05) is 0 Å². The van der Waals surface area contributed by atoms with Crippen LogP contribution >= 0.6 is 0 Å². The zero-order valence-corrected chi connectivity index (χ0v) is 11.5. The lowest BCUT2D eigenvalue weighted by atomic mass is 9.81. The predicted octanol–water partition coefficient (Wildman–Crippen LogP) is 0.608. The number of ether oxygens (including phenoxy) is 2. The van der Waals surface area contributed by atoms with E-state index in [1.54, 1.807) is 4.31 Å². The normalized spacial score (nSPS) is 30.2. The highest BCUT2D eigenvalue weighted by Gasteiger charge is 2.45. The van der Waals surface area contributed by atoms with Crippen LogP contribution in [0.5, 0.6) is 0 Å². The molecule has 1 saturated carbocycles. The van der Waals surface area contributed by atoms with E-state index in [-0.39, 0.29) is 10.7 Å². The second kappa shape index (κ2) is 4.74. The molecule has 0 bridgehead atoms. The molecule has 0 aromatic rings. The van der Waals surface area contributed by atoms with Crippen molar-refractivity contribution in [1.29, 1.82) is 0 Å². The summed E-state index contributed by atoms with van der Waals surface area (Å²) in [5, 5.41) is -0.118. The molecule has 0 N–H and O–H groups in total. The molecule has 0 unspecified atom stereocenters. The van der Waals surface area contributed by atoms with Gasteiger partial charge in [0.05, 0.1) is 18.5 Å². The molecule has 0 radical (unpaired) electrons. The monoisotopic (exact) mass is 275 g/mol. The van der Waals surface area contributed by atoms with E-state index in [1.165, 1.54) is 0 Å². The minimum absolute atomic E-state index is 0.0172. The summed E-state index contributed by atoms with van der Waals surface area (Å²) in [4.78, 5) is 0. The molecule has 104 valence electrons. The average molecular weight is 275 g/mol. The van der Waals surface area contributed by atoms with E-state index in [2.05, 4.69) is 0 Å². The van der Waals surface area contributed by atoms with Gasteiger partial charge in [0, 0.05) is 31.7 Å². The number of hydrogen-bond acceptors (Lipinski definition) is 4. The maximum absolute atomic E-state index is 12.4. The maximum Gasteiger partial charge on any atom is 0.217 e. The van der Waals surface area contributed by atoms with Gasteiger partial charge >= 0.3 is 0 Å². The molecule has 3 fully saturated rings. The van der Waals surface area contributed by atoms with Crippen molar-refractivity contribution in [2.75, 3.05) is 39.5 Å². The van der Waals surface area contributed by atoms with Gasteiger partial charge in [0.2, 0.25) is 10.0 Å². The van der Waals surface area contributed by atoms with Gasteiger partial charge in [-0.15, -0.1) is 0 Å². The van der Waals surface area contributed by atoms with Crippen molar-refractivity contribution in [2.24, 2.45) is 5.41 Å². The quantitative estimate of drug-likeness (QED) is 0.741. The average Bonchev–Trinajstić information content (AvgIpc) is 3.17. The summed E-state index contributed by atoms with van der Waals surface area (Å²) in [5.41, 5.74) is -0.0172. The van der Waals surface area contributed by atoms with Crippen molar-refractivity contribution in [2.45, 2.75) is 30.9 Å². The number of sulfonamides is 1. The first-order valence-electron chi connectivity index (χ1n) is 6.77. The van der Waals surface area contributed by atoms with Crippen molar-refractivity contribution in [3.05, 3.63) is 0 Å². The Labute approximate surface area is 108 Å². The molecule has 0 aromatic carbocycles. The van der Waals surface area contributed by atoms with E-state index in [1.807, 2.05) is 0 Å². The Balaban J connectivity index is 1.78. The Bertz CT molecular complexity index is 398. The topological polar surface area (TPSA) is 55.8 Å². The molecule has 3 aliphatic rings. The molecule has 2 saturated heterocycles. The van der Waals surface area contributed by atoms with Crippen molar-refractivity contribution < 1.29 is 17.9 Å². The maximum atomic E-state index is 12.4. The summed E-state index contributed by atoms with van der Waals surface area (Å²) < 4.78 is 37.5. The minimum Gasteiger partial charge on any atom is -0.381 e. The van der Waals surface area contributed by atoms with E-state index in [9.17, 15) is 8.42 Å². The fraction of sp³-hybridized carbons (Fsp3) is 1.00. The van der Waals surface area contributed by atoms with Gasteiger partial charge in [-0.3, -0.25) is 0 Å². The SMILES string of the molecule is O=S(=O)(C1CC1)N1CCOCC2(CCOCC2)C1. The molecule has 0 atom stereocenters. The molecular formula is C12H21NO4S. The van der Waals surface area contributed by atoms with Crippen molar-refractivity contribution in [3.8, 4) is 0 Å². The van der Waals surface area contributed by atoms with Gasteiger partial charge in [-0.05, 0) is 25.7 Å². The lowest BCUT2D eigenvalue weighted by Gasteiger charge is -2.37. The molecular weight excluding hydrogens is 254 g/mol. The van der Waals surface area contributed by atoms with Crippen LogP contribution < -0.4 is 0 Å². The van der Waals surface area contributed by atoms with Gasteiger partial charge in [-0.25, -0.2) is 8.42 Å². The first kappa shape index (κ1) is 12.8. The highest BCUT2D eigenvalue weighted by atomic mass is 32.2. The van der Waals surface area contributed by atoms with E-state index >= 15 is 0 Å². The second-order valence-corrected chi connectivity index (χ2v) is 7.96. The Morgan fingerprint density at radius 2 is 1.78 bits per heavy atom. The third-order valence-corrected chi connectivity index (χ3v) is 6.61. The zero-order chi connectivity index (χ0) is 12.6. The summed E-state index contributed by atoms with van der Waals surface area (Å²) in [5.74, 6) is 0. The fourth-order valence-electron chi connectivity index (χ4n) is 2.85. The summed E-state index contributed by atoms with van der Waals surface area (Å²) in [6, 6.07) is 0. The van der Waals surface area contributed by atoms with E-state index in [4.69, 9.17) is 9.47 Å². The molecule has 6 heteroatoms. The largest absolute Gasteiger partial charge is 0.381 e. The molecule has 0 aromatic heterocycles. The number of nitrogens with zero attached hydrogens (tertiary/aromatic N) is 1. The third kappa shape index (κ3) is 2.43. The highest BCUT2D eigenvalue weighted by Crippen LogP contribution is 2.37. The Hall–Kier alpha value is -0.170. The second-order valence-electron chi connectivity index (χ2n) is 5.74. The summed E-state index contributed by atoms with van der Waals surface area (Å²) in [6.45, 7) is 3.78. The molecule has 2 heterocycles. The fourth-order valence-corrected chi connectivity index (χ4v) is 4.79. The lowest BCUT2D eigenvalue weighted by molar-refractivity contribution is -0.0280. The van der Waals surface area contributed by atoms with Gasteiger partial charge in [0.15, 0.2) is 0 Å². The van der Waals surface area contributed by atoms with Crippen LogP contribution in [0.1, 0.15) is 25.7 Å². The smallest absolute Gasteiger partial charge is 0.217 e. The predicted molar refractivity (Wildman–Crippen MR) is 66.8 cm³/mol. The van der Waals surface area contributed by atoms with Crippen LogP contribution in [0.4, 0.5) is 0 Å². The van der Waals surface area contributed by atoms with Crippen LogP contribution in [0.25, 0.3) is 0 Å². The van der Waals surface area contributed by atoms with Crippen LogP contribution in [-0.2, 0) is 19.5 Å². The summed E-state index contributed by atoms with van der Waals surface area (Å²) in [6.07, 6.45) is 3.47.